The molecule has 0 spiro atoms. The Morgan fingerprint density at radius 1 is 1.20 bits per heavy atom. The Bertz CT molecular complexity index is 1400. The number of fused-ring (bicyclic) bond motifs is 1. The normalized spacial score (nSPS) is 12.5. The van der Waals surface area contributed by atoms with Gasteiger partial charge in [-0.3, -0.25) is 9.78 Å². The number of benzene rings is 1. The zero-order valence-electron chi connectivity index (χ0n) is 18.6. The van der Waals surface area contributed by atoms with Crippen LogP contribution in [0.1, 0.15) is 41.5 Å². The Morgan fingerprint density at radius 3 is 2.69 bits per heavy atom. The molecular formula is C23H20F4N6O2. The van der Waals surface area contributed by atoms with Crippen molar-refractivity contribution in [3.63, 3.8) is 0 Å². The first-order chi connectivity index (χ1) is 16.5. The standard InChI is InChI=1S/C23H20F4N6O2/c1-3-19-17(8-14(11-29-19)13-6-7-33-20(9-13)31-22(28)32-33)21(34)30-12(2)16-10-15(4-5-18(16)24)35-23(25,26)27/h4-12H,3H2,1-2H3,(H2,28,32)(H,30,34)/t12-/m1/s1. The number of rotatable bonds is 6. The number of ether oxygens (including phenoxy) is 1. The number of anilines is 1. The molecule has 3 N–H and O–H groups in total. The maximum Gasteiger partial charge on any atom is 0.573 e. The molecule has 1 atom stereocenters. The number of carbonyl (C=O) groups excluding carboxylic acids is 1. The molecule has 12 heteroatoms. The average molecular weight is 488 g/mol. The van der Waals surface area contributed by atoms with Gasteiger partial charge in [0.05, 0.1) is 17.3 Å². The van der Waals surface area contributed by atoms with Gasteiger partial charge in [0.1, 0.15) is 11.6 Å². The molecule has 4 aromatic rings. The largest absolute Gasteiger partial charge is 0.573 e. The summed E-state index contributed by atoms with van der Waals surface area (Å²) in [5.41, 5.74) is 8.07. The molecule has 182 valence electrons. The van der Waals surface area contributed by atoms with E-state index in [9.17, 15) is 22.4 Å². The van der Waals surface area contributed by atoms with Crippen LogP contribution in [0.3, 0.4) is 0 Å². The van der Waals surface area contributed by atoms with Crippen LogP contribution in [-0.4, -0.2) is 31.9 Å². The third-order valence-corrected chi connectivity index (χ3v) is 5.25. The number of amides is 1. The van der Waals surface area contributed by atoms with Gasteiger partial charge in [-0.1, -0.05) is 6.92 Å². The minimum Gasteiger partial charge on any atom is -0.406 e. The van der Waals surface area contributed by atoms with Gasteiger partial charge >= 0.3 is 6.36 Å². The van der Waals surface area contributed by atoms with Crippen molar-refractivity contribution in [2.45, 2.75) is 32.7 Å². The van der Waals surface area contributed by atoms with Gasteiger partial charge in [-0.2, -0.15) is 4.98 Å². The number of nitrogen functional groups attached to an aromatic ring is 1. The molecule has 35 heavy (non-hydrogen) atoms. The summed E-state index contributed by atoms with van der Waals surface area (Å²) >= 11 is 0. The van der Waals surface area contributed by atoms with Gasteiger partial charge in [0, 0.05) is 23.5 Å². The molecule has 0 saturated carbocycles. The summed E-state index contributed by atoms with van der Waals surface area (Å²) in [6.07, 6.45) is -1.20. The molecule has 3 aromatic heterocycles. The minimum atomic E-state index is -4.93. The molecule has 1 amide bonds. The van der Waals surface area contributed by atoms with E-state index < -0.39 is 29.9 Å². The number of aromatic nitrogens is 4. The summed E-state index contributed by atoms with van der Waals surface area (Å²) in [7, 11) is 0. The summed E-state index contributed by atoms with van der Waals surface area (Å²) in [6, 6.07) is 6.80. The second-order valence-electron chi connectivity index (χ2n) is 7.69. The number of halogens is 4. The number of aryl methyl sites for hydroxylation is 1. The van der Waals surface area contributed by atoms with E-state index >= 15 is 0 Å². The molecule has 0 aliphatic carbocycles. The summed E-state index contributed by atoms with van der Waals surface area (Å²) in [6.45, 7) is 3.28. The van der Waals surface area contributed by atoms with Crippen LogP contribution in [0.4, 0.5) is 23.5 Å². The van der Waals surface area contributed by atoms with Crippen molar-refractivity contribution >= 4 is 17.5 Å². The fraction of sp³-hybridized carbons (Fsp3) is 0.217. The van der Waals surface area contributed by atoms with E-state index in [0.717, 1.165) is 18.2 Å². The minimum absolute atomic E-state index is 0.118. The van der Waals surface area contributed by atoms with Gasteiger partial charge in [0.25, 0.3) is 5.91 Å². The molecule has 1 aromatic carbocycles. The van der Waals surface area contributed by atoms with E-state index in [1.807, 2.05) is 6.92 Å². The first kappa shape index (κ1) is 23.9. The van der Waals surface area contributed by atoms with Crippen molar-refractivity contribution in [1.29, 1.82) is 0 Å². The maximum atomic E-state index is 14.3. The van der Waals surface area contributed by atoms with Crippen molar-refractivity contribution in [3.8, 4) is 16.9 Å². The number of hydrogen-bond donors (Lipinski definition) is 2. The van der Waals surface area contributed by atoms with Crippen molar-refractivity contribution in [3.05, 3.63) is 71.4 Å². The fourth-order valence-corrected chi connectivity index (χ4v) is 3.61. The summed E-state index contributed by atoms with van der Waals surface area (Å²) in [5, 5.41) is 6.65. The van der Waals surface area contributed by atoms with Gasteiger partial charge in [-0.25, -0.2) is 8.91 Å². The lowest BCUT2D eigenvalue weighted by atomic mass is 10.0. The van der Waals surface area contributed by atoms with Crippen LogP contribution >= 0.6 is 0 Å². The molecule has 0 unspecified atom stereocenters. The van der Waals surface area contributed by atoms with Crippen LogP contribution in [0.15, 0.2) is 48.8 Å². The number of alkyl halides is 3. The Morgan fingerprint density at radius 2 is 1.97 bits per heavy atom. The molecule has 0 aliphatic rings. The highest BCUT2D eigenvalue weighted by Gasteiger charge is 2.31. The molecule has 3 heterocycles. The van der Waals surface area contributed by atoms with Crippen LogP contribution in [0.2, 0.25) is 0 Å². The fourth-order valence-electron chi connectivity index (χ4n) is 3.61. The first-order valence-corrected chi connectivity index (χ1v) is 10.5. The van der Waals surface area contributed by atoms with Gasteiger partial charge < -0.3 is 15.8 Å². The average Bonchev–Trinajstić information content (AvgIpc) is 3.18. The predicted octanol–water partition coefficient (Wildman–Crippen LogP) is 4.46. The third kappa shape index (κ3) is 5.31. The number of carbonyl (C=O) groups is 1. The van der Waals surface area contributed by atoms with E-state index in [4.69, 9.17) is 5.73 Å². The molecule has 0 fully saturated rings. The number of hydrogen-bond acceptors (Lipinski definition) is 6. The van der Waals surface area contributed by atoms with Crippen LogP contribution in [0.5, 0.6) is 5.75 Å². The van der Waals surface area contributed by atoms with E-state index in [2.05, 4.69) is 25.1 Å². The summed E-state index contributed by atoms with van der Waals surface area (Å²) < 4.78 is 57.4. The van der Waals surface area contributed by atoms with Crippen molar-refractivity contribution in [2.24, 2.45) is 0 Å². The lowest BCUT2D eigenvalue weighted by Crippen LogP contribution is -2.28. The zero-order valence-corrected chi connectivity index (χ0v) is 18.6. The van der Waals surface area contributed by atoms with Crippen LogP contribution in [0, 0.1) is 5.82 Å². The Balaban J connectivity index is 1.62. The van der Waals surface area contributed by atoms with Gasteiger partial charge in [-0.15, -0.1) is 18.3 Å². The molecule has 4 rings (SSSR count). The molecule has 8 nitrogen and oxygen atoms in total. The Kier molecular flexibility index (Phi) is 6.29. The molecule has 0 radical (unpaired) electrons. The van der Waals surface area contributed by atoms with Crippen LogP contribution in [0.25, 0.3) is 16.8 Å². The topological polar surface area (TPSA) is 107 Å². The second kappa shape index (κ2) is 9.20. The number of nitrogens with two attached hydrogens (primary N) is 1. The lowest BCUT2D eigenvalue weighted by molar-refractivity contribution is -0.274. The molecule has 0 saturated heterocycles. The van der Waals surface area contributed by atoms with E-state index in [1.54, 1.807) is 30.6 Å². The highest BCUT2D eigenvalue weighted by molar-refractivity contribution is 5.96. The van der Waals surface area contributed by atoms with E-state index in [-0.39, 0.29) is 17.1 Å². The van der Waals surface area contributed by atoms with Crippen LogP contribution in [-0.2, 0) is 6.42 Å². The lowest BCUT2D eigenvalue weighted by Gasteiger charge is -2.18. The maximum absolute atomic E-state index is 14.3. The molecule has 0 aliphatic heterocycles. The summed E-state index contributed by atoms with van der Waals surface area (Å²) in [5.74, 6) is -1.81. The number of nitrogens with one attached hydrogen (secondary N) is 1. The predicted molar refractivity (Wildman–Crippen MR) is 119 cm³/mol. The van der Waals surface area contributed by atoms with Gasteiger partial charge in [0.2, 0.25) is 5.95 Å². The SMILES string of the molecule is CCc1ncc(-c2ccn3nc(N)nc3c2)cc1C(=O)N[C@H](C)c1cc(OC(F)(F)F)ccc1F. The van der Waals surface area contributed by atoms with Crippen molar-refractivity contribution < 1.29 is 27.1 Å². The second-order valence-corrected chi connectivity index (χ2v) is 7.69. The van der Waals surface area contributed by atoms with E-state index in [1.165, 1.54) is 11.4 Å². The van der Waals surface area contributed by atoms with E-state index in [0.29, 0.717) is 28.9 Å². The smallest absolute Gasteiger partial charge is 0.406 e. The molecule has 0 bridgehead atoms. The van der Waals surface area contributed by atoms with Crippen LogP contribution < -0.4 is 15.8 Å². The van der Waals surface area contributed by atoms with Gasteiger partial charge in [-0.05, 0) is 55.3 Å². The summed E-state index contributed by atoms with van der Waals surface area (Å²) in [4.78, 5) is 21.6. The Hall–Kier alpha value is -4.22. The van der Waals surface area contributed by atoms with Gasteiger partial charge in [0.15, 0.2) is 5.65 Å². The highest BCUT2D eigenvalue weighted by atomic mass is 19.4. The van der Waals surface area contributed by atoms with Crippen molar-refractivity contribution in [1.82, 2.24) is 24.9 Å². The molecular weight excluding hydrogens is 468 g/mol. The quantitative estimate of drug-likeness (QED) is 0.388. The number of nitrogens with zero attached hydrogens (tertiary/aromatic N) is 4. The number of pyridine rings is 2. The monoisotopic (exact) mass is 488 g/mol. The third-order valence-electron chi connectivity index (χ3n) is 5.25. The van der Waals surface area contributed by atoms with Crippen molar-refractivity contribution in [2.75, 3.05) is 5.73 Å². The highest BCUT2D eigenvalue weighted by Crippen LogP contribution is 2.28. The Labute approximate surface area is 196 Å². The zero-order chi connectivity index (χ0) is 25.3. The first-order valence-electron chi connectivity index (χ1n) is 10.5.